The van der Waals surface area contributed by atoms with Gasteiger partial charge in [-0.1, -0.05) is 17.3 Å². The van der Waals surface area contributed by atoms with E-state index in [0.717, 1.165) is 0 Å². The molecule has 0 unspecified atom stereocenters. The van der Waals surface area contributed by atoms with E-state index < -0.39 is 11.8 Å². The Morgan fingerprint density at radius 1 is 0.867 bits per heavy atom. The Bertz CT molecular complexity index is 1240. The molecule has 0 radical (unpaired) electrons. The Labute approximate surface area is 169 Å². The Morgan fingerprint density at radius 3 is 2.27 bits per heavy atom. The zero-order valence-electron chi connectivity index (χ0n) is 15.5. The average molecular weight is 405 g/mol. The van der Waals surface area contributed by atoms with Gasteiger partial charge in [0.15, 0.2) is 11.4 Å². The van der Waals surface area contributed by atoms with Gasteiger partial charge in [0.2, 0.25) is 0 Å². The van der Waals surface area contributed by atoms with E-state index in [-0.39, 0.29) is 11.7 Å². The van der Waals surface area contributed by atoms with E-state index in [1.54, 1.807) is 48.5 Å². The number of carbonyl (C=O) groups excluding carboxylic acids is 2. The number of halogens is 1. The van der Waals surface area contributed by atoms with Gasteiger partial charge in [0.05, 0.1) is 10.9 Å². The minimum absolute atomic E-state index is 0.139. The molecule has 0 spiro atoms. The summed E-state index contributed by atoms with van der Waals surface area (Å²) in [7, 11) is 0. The minimum Gasteiger partial charge on any atom is -0.380 e. The number of aromatic nitrogens is 1. The zero-order valence-corrected chi connectivity index (χ0v) is 15.5. The molecule has 4 rings (SSSR count). The molecular formula is C21H16FN5O3. The summed E-state index contributed by atoms with van der Waals surface area (Å²) in [4.78, 5) is 24.7. The first-order chi connectivity index (χ1) is 14.5. The molecule has 5 N–H and O–H groups in total. The predicted octanol–water partition coefficient (Wildman–Crippen LogP) is 4.45. The fraction of sp³-hybridized carbons (Fsp3) is 0. The molecule has 8 nitrogen and oxygen atoms in total. The third-order valence-corrected chi connectivity index (χ3v) is 4.25. The van der Waals surface area contributed by atoms with Crippen LogP contribution in [0.1, 0.15) is 10.4 Å². The fourth-order valence-electron chi connectivity index (χ4n) is 2.90. The van der Waals surface area contributed by atoms with Crippen molar-refractivity contribution < 1.29 is 18.5 Å². The fourth-order valence-corrected chi connectivity index (χ4v) is 2.90. The highest BCUT2D eigenvalue weighted by Crippen LogP contribution is 2.25. The minimum atomic E-state index is -0.521. The summed E-state index contributed by atoms with van der Waals surface area (Å²) in [6.45, 7) is 0. The lowest BCUT2D eigenvalue weighted by molar-refractivity contribution is 0.102. The Kier molecular flexibility index (Phi) is 5.00. The second kappa shape index (κ2) is 7.92. The van der Waals surface area contributed by atoms with Gasteiger partial charge in [-0.05, 0) is 54.6 Å². The van der Waals surface area contributed by atoms with Crippen LogP contribution in [0.3, 0.4) is 0 Å². The molecule has 0 saturated carbocycles. The Balaban J connectivity index is 1.41. The summed E-state index contributed by atoms with van der Waals surface area (Å²) in [5.74, 6) is -0.684. The van der Waals surface area contributed by atoms with Crippen molar-refractivity contribution in [2.45, 2.75) is 0 Å². The Hall–Kier alpha value is -4.40. The molecule has 9 heteroatoms. The van der Waals surface area contributed by atoms with E-state index in [9.17, 15) is 14.0 Å². The van der Waals surface area contributed by atoms with Gasteiger partial charge in [-0.15, -0.1) is 0 Å². The number of anilines is 4. The SMILES string of the molecule is Nc1noc2cccc(C(=O)Nc3ccc(NC(=O)Nc4cccc(F)c4)cc3)c12. The van der Waals surface area contributed by atoms with Gasteiger partial charge in [0, 0.05) is 17.1 Å². The van der Waals surface area contributed by atoms with Gasteiger partial charge in [-0.3, -0.25) is 4.79 Å². The third kappa shape index (κ3) is 4.04. The molecule has 3 aromatic carbocycles. The number of fused-ring (bicyclic) bond motifs is 1. The molecule has 0 aliphatic carbocycles. The summed E-state index contributed by atoms with van der Waals surface area (Å²) in [6, 6.07) is 16.5. The van der Waals surface area contributed by atoms with Gasteiger partial charge < -0.3 is 26.2 Å². The second-order valence-corrected chi connectivity index (χ2v) is 6.37. The highest BCUT2D eigenvalue weighted by Gasteiger charge is 2.16. The van der Waals surface area contributed by atoms with E-state index in [1.807, 2.05) is 0 Å². The predicted molar refractivity (Wildman–Crippen MR) is 112 cm³/mol. The lowest BCUT2D eigenvalue weighted by Crippen LogP contribution is -2.19. The van der Waals surface area contributed by atoms with Crippen LogP contribution in [0.25, 0.3) is 11.0 Å². The molecule has 0 aliphatic heterocycles. The number of carbonyl (C=O) groups is 2. The first kappa shape index (κ1) is 18.9. The maximum absolute atomic E-state index is 13.2. The summed E-state index contributed by atoms with van der Waals surface area (Å²) in [5, 5.41) is 12.0. The van der Waals surface area contributed by atoms with Crippen LogP contribution >= 0.6 is 0 Å². The van der Waals surface area contributed by atoms with Crippen LogP contribution in [-0.4, -0.2) is 17.1 Å². The molecule has 1 heterocycles. The zero-order chi connectivity index (χ0) is 21.1. The van der Waals surface area contributed by atoms with Crippen LogP contribution in [0.5, 0.6) is 0 Å². The number of nitrogen functional groups attached to an aromatic ring is 1. The largest absolute Gasteiger partial charge is 0.380 e. The van der Waals surface area contributed by atoms with Crippen LogP contribution in [0.4, 0.5) is 32.1 Å². The number of benzene rings is 3. The first-order valence-corrected chi connectivity index (χ1v) is 8.88. The molecule has 0 bridgehead atoms. The lowest BCUT2D eigenvalue weighted by atomic mass is 10.1. The summed E-state index contributed by atoms with van der Waals surface area (Å²) >= 11 is 0. The van der Waals surface area contributed by atoms with Crippen LogP contribution in [0.15, 0.2) is 71.3 Å². The van der Waals surface area contributed by atoms with E-state index in [2.05, 4.69) is 21.1 Å². The highest BCUT2D eigenvalue weighted by molar-refractivity contribution is 6.14. The van der Waals surface area contributed by atoms with E-state index in [1.165, 1.54) is 18.2 Å². The number of nitrogens with two attached hydrogens (primary N) is 1. The smallest absolute Gasteiger partial charge is 0.323 e. The first-order valence-electron chi connectivity index (χ1n) is 8.88. The van der Waals surface area contributed by atoms with Gasteiger partial charge >= 0.3 is 6.03 Å². The van der Waals surface area contributed by atoms with Gasteiger partial charge in [-0.2, -0.15) is 0 Å². The topological polar surface area (TPSA) is 122 Å². The number of hydrogen-bond acceptors (Lipinski definition) is 5. The number of urea groups is 1. The number of nitrogens with zero attached hydrogens (tertiary/aromatic N) is 1. The number of hydrogen-bond donors (Lipinski definition) is 4. The molecule has 0 saturated heterocycles. The van der Waals surface area contributed by atoms with Crippen molar-refractivity contribution in [1.29, 1.82) is 0 Å². The summed E-state index contributed by atoms with van der Waals surface area (Å²) in [6.07, 6.45) is 0. The lowest BCUT2D eigenvalue weighted by Gasteiger charge is -2.09. The van der Waals surface area contributed by atoms with Gasteiger partial charge in [0.25, 0.3) is 5.91 Å². The second-order valence-electron chi connectivity index (χ2n) is 6.37. The summed E-state index contributed by atoms with van der Waals surface area (Å²) in [5.41, 5.74) is 7.88. The molecule has 150 valence electrons. The summed E-state index contributed by atoms with van der Waals surface area (Å²) < 4.78 is 18.3. The van der Waals surface area contributed by atoms with Crippen molar-refractivity contribution in [2.24, 2.45) is 0 Å². The van der Waals surface area contributed by atoms with Crippen LogP contribution in [0.2, 0.25) is 0 Å². The molecule has 1 aromatic heterocycles. The molecular weight excluding hydrogens is 389 g/mol. The molecule has 4 aromatic rings. The van der Waals surface area contributed by atoms with Crippen LogP contribution in [0, 0.1) is 5.82 Å². The monoisotopic (exact) mass is 405 g/mol. The van der Waals surface area contributed by atoms with Crippen LogP contribution in [-0.2, 0) is 0 Å². The van der Waals surface area contributed by atoms with E-state index in [0.29, 0.717) is 33.6 Å². The van der Waals surface area contributed by atoms with Crippen molar-refractivity contribution in [3.63, 3.8) is 0 Å². The van der Waals surface area contributed by atoms with E-state index in [4.69, 9.17) is 10.3 Å². The van der Waals surface area contributed by atoms with Crippen molar-refractivity contribution in [3.8, 4) is 0 Å². The standard InChI is InChI=1S/C21H16FN5O3/c22-12-3-1-4-15(11-12)26-21(29)25-14-9-7-13(8-10-14)24-20(28)16-5-2-6-17-18(16)19(23)27-30-17/h1-11H,(H2,23,27)(H,24,28)(H2,25,26,29). The number of nitrogens with one attached hydrogen (secondary N) is 3. The normalized spacial score (nSPS) is 10.6. The van der Waals surface area contributed by atoms with Crippen LogP contribution < -0.4 is 21.7 Å². The Morgan fingerprint density at radius 2 is 1.53 bits per heavy atom. The number of rotatable bonds is 4. The van der Waals surface area contributed by atoms with Crippen molar-refractivity contribution in [1.82, 2.24) is 5.16 Å². The van der Waals surface area contributed by atoms with Crippen molar-refractivity contribution in [3.05, 3.63) is 78.1 Å². The average Bonchev–Trinajstić information content (AvgIpc) is 3.10. The van der Waals surface area contributed by atoms with E-state index >= 15 is 0 Å². The highest BCUT2D eigenvalue weighted by atomic mass is 19.1. The van der Waals surface area contributed by atoms with Gasteiger partial charge in [-0.25, -0.2) is 9.18 Å². The molecule has 0 aliphatic rings. The quantitative estimate of drug-likeness (QED) is 0.400. The van der Waals surface area contributed by atoms with Gasteiger partial charge in [0.1, 0.15) is 5.82 Å². The number of amides is 3. The molecule has 3 amide bonds. The maximum atomic E-state index is 13.2. The maximum Gasteiger partial charge on any atom is 0.323 e. The van der Waals surface area contributed by atoms with Crippen molar-refractivity contribution in [2.75, 3.05) is 21.7 Å². The van der Waals surface area contributed by atoms with Crippen molar-refractivity contribution >= 4 is 45.8 Å². The molecule has 0 atom stereocenters. The molecule has 30 heavy (non-hydrogen) atoms. The molecule has 0 fully saturated rings. The third-order valence-electron chi connectivity index (χ3n) is 4.25.